The Morgan fingerprint density at radius 3 is 2.35 bits per heavy atom. The number of ether oxygens (including phenoxy) is 3. The second-order valence-electron chi connectivity index (χ2n) is 11.7. The highest BCUT2D eigenvalue weighted by Crippen LogP contribution is 2.36. The monoisotopic (exact) mass is 622 g/mol. The minimum atomic E-state index is -0.649. The summed E-state index contributed by atoms with van der Waals surface area (Å²) in [7, 11) is 1.66. The first-order valence-corrected chi connectivity index (χ1v) is 17.3. The quantitative estimate of drug-likeness (QED) is 0.109. The zero-order valence-electron chi connectivity index (χ0n) is 26.3. The van der Waals surface area contributed by atoms with Crippen LogP contribution in [0.1, 0.15) is 102 Å². The van der Waals surface area contributed by atoms with E-state index in [4.69, 9.17) is 14.2 Å². The maximum atomic E-state index is 12.6. The van der Waals surface area contributed by atoms with Gasteiger partial charge in [0.15, 0.2) is 0 Å². The van der Waals surface area contributed by atoms with Gasteiger partial charge in [0.1, 0.15) is 19.0 Å². The van der Waals surface area contributed by atoms with Gasteiger partial charge in [-0.3, -0.25) is 14.4 Å². The Labute approximate surface area is 262 Å². The van der Waals surface area contributed by atoms with Gasteiger partial charge in [-0.25, -0.2) is 0 Å². The van der Waals surface area contributed by atoms with E-state index in [2.05, 4.69) is 6.92 Å². The molecule has 0 amide bonds. The molecule has 0 spiro atoms. The first kappa shape index (κ1) is 37.2. The van der Waals surface area contributed by atoms with Crippen LogP contribution in [0.5, 0.6) is 0 Å². The maximum absolute atomic E-state index is 12.6. The van der Waals surface area contributed by atoms with Crippen molar-refractivity contribution in [2.75, 3.05) is 31.8 Å². The number of carbonyl (C=O) groups excluding carboxylic acids is 3. The summed E-state index contributed by atoms with van der Waals surface area (Å²) in [5.41, 5.74) is 2.11. The van der Waals surface area contributed by atoms with Crippen molar-refractivity contribution in [2.24, 2.45) is 11.8 Å². The van der Waals surface area contributed by atoms with Crippen molar-refractivity contribution < 1.29 is 38.8 Å². The number of benzene rings is 1. The molecule has 244 valence electrons. The third kappa shape index (κ3) is 16.1. The van der Waals surface area contributed by atoms with Crippen LogP contribution in [-0.4, -0.2) is 72.0 Å². The molecular formula is C34H54O8S. The molecule has 0 bridgehead atoms. The lowest BCUT2D eigenvalue weighted by Crippen LogP contribution is -2.23. The molecule has 0 radical (unpaired) electrons. The Morgan fingerprint density at radius 2 is 1.63 bits per heavy atom. The highest BCUT2D eigenvalue weighted by atomic mass is 32.2. The van der Waals surface area contributed by atoms with E-state index in [0.717, 1.165) is 41.9 Å². The summed E-state index contributed by atoms with van der Waals surface area (Å²) in [5.74, 6) is 0.807. The van der Waals surface area contributed by atoms with Crippen LogP contribution in [0.2, 0.25) is 0 Å². The van der Waals surface area contributed by atoms with Crippen LogP contribution in [0.25, 0.3) is 0 Å². The molecule has 2 N–H and O–H groups in total. The number of hydrogen-bond acceptors (Lipinski definition) is 9. The fourth-order valence-corrected chi connectivity index (χ4v) is 6.67. The van der Waals surface area contributed by atoms with Crippen molar-refractivity contribution in [1.82, 2.24) is 0 Å². The summed E-state index contributed by atoms with van der Waals surface area (Å²) in [6.45, 7) is 2.88. The maximum Gasteiger partial charge on any atom is 0.305 e. The number of rotatable bonds is 24. The predicted octanol–water partition coefficient (Wildman–Crippen LogP) is 5.82. The van der Waals surface area contributed by atoms with Gasteiger partial charge in [0.25, 0.3) is 0 Å². The van der Waals surface area contributed by atoms with Crippen LogP contribution < -0.4 is 0 Å². The van der Waals surface area contributed by atoms with Crippen molar-refractivity contribution >= 4 is 29.5 Å². The Bertz CT molecular complexity index is 939. The second kappa shape index (κ2) is 22.6. The topological polar surface area (TPSA) is 119 Å². The Balaban J connectivity index is 1.54. The lowest BCUT2D eigenvalue weighted by Gasteiger charge is -2.22. The number of methoxy groups -OCH3 is 1. The van der Waals surface area contributed by atoms with E-state index in [1.54, 1.807) is 18.9 Å². The number of aliphatic hydroxyl groups excluding tert-OH is 2. The van der Waals surface area contributed by atoms with Gasteiger partial charge < -0.3 is 24.4 Å². The molecule has 9 heteroatoms. The molecule has 0 saturated heterocycles. The lowest BCUT2D eigenvalue weighted by atomic mass is 9.86. The van der Waals surface area contributed by atoms with Crippen LogP contribution in [0.15, 0.2) is 24.3 Å². The number of esters is 2. The first-order valence-electron chi connectivity index (χ1n) is 16.2. The Kier molecular flexibility index (Phi) is 19.5. The minimum Gasteiger partial charge on any atom is -0.462 e. The van der Waals surface area contributed by atoms with Gasteiger partial charge in [0, 0.05) is 32.3 Å². The zero-order valence-corrected chi connectivity index (χ0v) is 27.1. The molecule has 0 heterocycles. The number of aliphatic hydroxyl groups is 2. The minimum absolute atomic E-state index is 0.0800. The molecule has 0 aliphatic heterocycles. The van der Waals surface area contributed by atoms with Crippen LogP contribution in [0.3, 0.4) is 0 Å². The Morgan fingerprint density at radius 1 is 0.953 bits per heavy atom. The largest absolute Gasteiger partial charge is 0.462 e. The molecule has 8 nitrogen and oxygen atoms in total. The van der Waals surface area contributed by atoms with Crippen molar-refractivity contribution in [3.05, 3.63) is 35.4 Å². The number of thioether (sulfide) groups is 1. The second-order valence-corrected chi connectivity index (χ2v) is 12.9. The highest BCUT2D eigenvalue weighted by Gasteiger charge is 2.40. The van der Waals surface area contributed by atoms with Gasteiger partial charge in [0.05, 0.1) is 18.8 Å². The van der Waals surface area contributed by atoms with E-state index < -0.39 is 12.2 Å². The molecule has 1 aromatic rings. The molecule has 1 saturated carbocycles. The van der Waals surface area contributed by atoms with Gasteiger partial charge in [0.2, 0.25) is 0 Å². The summed E-state index contributed by atoms with van der Waals surface area (Å²) in [6, 6.07) is 7.98. The average Bonchev–Trinajstić information content (AvgIpc) is 3.25. The van der Waals surface area contributed by atoms with Gasteiger partial charge >= 0.3 is 11.9 Å². The van der Waals surface area contributed by atoms with E-state index in [9.17, 15) is 24.6 Å². The smallest absolute Gasteiger partial charge is 0.305 e. The summed E-state index contributed by atoms with van der Waals surface area (Å²) in [6.07, 6.45) is 9.44. The first-order chi connectivity index (χ1) is 20.8. The van der Waals surface area contributed by atoms with Crippen molar-refractivity contribution in [3.63, 3.8) is 0 Å². The van der Waals surface area contributed by atoms with Crippen molar-refractivity contribution in [1.29, 1.82) is 0 Å². The normalized spacial score (nSPS) is 19.0. The van der Waals surface area contributed by atoms with Crippen LogP contribution >= 0.6 is 11.8 Å². The Hall–Kier alpha value is -1.94. The predicted molar refractivity (Wildman–Crippen MR) is 170 cm³/mol. The van der Waals surface area contributed by atoms with Gasteiger partial charge in [-0.15, -0.1) is 0 Å². The average molecular weight is 623 g/mol. The zero-order chi connectivity index (χ0) is 31.3. The van der Waals surface area contributed by atoms with Crippen LogP contribution in [0, 0.1) is 11.8 Å². The highest BCUT2D eigenvalue weighted by molar-refractivity contribution is 7.99. The molecule has 43 heavy (non-hydrogen) atoms. The molecule has 1 aliphatic carbocycles. The fourth-order valence-electron chi connectivity index (χ4n) is 5.69. The molecule has 1 aromatic carbocycles. The van der Waals surface area contributed by atoms with Crippen LogP contribution in [0.4, 0.5) is 0 Å². The number of Topliss-reactive ketones (excluding diaryl/α,β-unsaturated/α-hetero) is 1. The van der Waals surface area contributed by atoms with E-state index in [-0.39, 0.29) is 49.2 Å². The summed E-state index contributed by atoms with van der Waals surface area (Å²) >= 11 is 1.69. The van der Waals surface area contributed by atoms with E-state index in [1.807, 2.05) is 24.3 Å². The van der Waals surface area contributed by atoms with Gasteiger partial charge in [-0.1, -0.05) is 63.3 Å². The third-order valence-corrected chi connectivity index (χ3v) is 9.13. The summed E-state index contributed by atoms with van der Waals surface area (Å²) in [5, 5.41) is 21.2. The summed E-state index contributed by atoms with van der Waals surface area (Å²) < 4.78 is 15.5. The fraction of sp³-hybridized carbons (Fsp3) is 0.735. The number of hydrogen-bond donors (Lipinski definition) is 2. The molecule has 0 aromatic heterocycles. The summed E-state index contributed by atoms with van der Waals surface area (Å²) in [4.78, 5) is 36.3. The molecule has 0 unspecified atom stereocenters. The van der Waals surface area contributed by atoms with E-state index >= 15 is 0 Å². The van der Waals surface area contributed by atoms with Crippen molar-refractivity contribution in [2.45, 2.75) is 116 Å². The molecular weight excluding hydrogens is 568 g/mol. The number of ketones is 1. The molecule has 1 fully saturated rings. The van der Waals surface area contributed by atoms with Crippen molar-refractivity contribution in [3.8, 4) is 0 Å². The third-order valence-electron chi connectivity index (χ3n) is 8.03. The standard InChI is InChI=1S/C34H54O8S/c1-3-4-5-6-7-8-13-33(38)41-18-19-42-34(39)14-10-20-43-21-17-30-29(31(36)24-32(30)37)16-15-28(35)23-26-11-9-12-27(22-26)25-40-2/h9,11-12,22,28-31,35-36H,3-8,10,13-21,23-25H2,1-2H3/t28-,29-,30-,31-/m1/s1. The van der Waals surface area contributed by atoms with E-state index in [1.165, 1.54) is 19.3 Å². The van der Waals surface area contributed by atoms with Gasteiger partial charge in [-0.2, -0.15) is 11.8 Å². The number of carbonyl (C=O) groups is 3. The molecule has 2 rings (SSSR count). The number of unbranched alkanes of at least 4 members (excludes halogenated alkanes) is 5. The van der Waals surface area contributed by atoms with Crippen LogP contribution in [-0.2, 0) is 41.6 Å². The SMILES string of the molecule is CCCCCCCCC(=O)OCCOC(=O)CCCSCC[C@H]1C(=O)C[C@@H](O)[C@@H]1CC[C@@H](O)Cc1cccc(COC)c1. The van der Waals surface area contributed by atoms with Gasteiger partial charge in [-0.05, 0) is 67.1 Å². The molecule has 1 aliphatic rings. The molecule has 4 atom stereocenters. The van der Waals surface area contributed by atoms with E-state index in [0.29, 0.717) is 51.6 Å². The lowest BCUT2D eigenvalue weighted by molar-refractivity contribution is -0.152.